The molecule has 1 N–H and O–H groups in total. The first-order valence-corrected chi connectivity index (χ1v) is 11.7. The predicted octanol–water partition coefficient (Wildman–Crippen LogP) is 3.08. The third-order valence-corrected chi connectivity index (χ3v) is 7.02. The van der Waals surface area contributed by atoms with Crippen LogP contribution in [0.3, 0.4) is 0 Å². The van der Waals surface area contributed by atoms with Crippen molar-refractivity contribution in [2.75, 3.05) is 46.4 Å². The number of nitrogens with one attached hydrogen (secondary N) is 1. The predicted molar refractivity (Wildman–Crippen MR) is 118 cm³/mol. The van der Waals surface area contributed by atoms with E-state index in [1.54, 1.807) is 13.4 Å². The normalized spacial score (nSPS) is 27.2. The van der Waals surface area contributed by atoms with Gasteiger partial charge in [0, 0.05) is 50.3 Å². The highest BCUT2D eigenvalue weighted by atomic mass is 16.5. The molecule has 0 amide bonds. The van der Waals surface area contributed by atoms with Crippen LogP contribution in [0.1, 0.15) is 43.0 Å². The molecule has 1 aromatic heterocycles. The molecule has 3 saturated heterocycles. The van der Waals surface area contributed by atoms with Crippen LogP contribution in [0, 0.1) is 5.92 Å². The van der Waals surface area contributed by atoms with Crippen LogP contribution in [0.15, 0.2) is 35.1 Å². The van der Waals surface area contributed by atoms with E-state index in [4.69, 9.17) is 14.0 Å². The summed E-state index contributed by atoms with van der Waals surface area (Å²) in [5, 5.41) is 7.81. The number of benzene rings is 1. The van der Waals surface area contributed by atoms with E-state index in [0.29, 0.717) is 12.0 Å². The second kappa shape index (κ2) is 9.59. The number of rotatable bonds is 7. The van der Waals surface area contributed by atoms with Gasteiger partial charge in [0.15, 0.2) is 0 Å². The van der Waals surface area contributed by atoms with Gasteiger partial charge in [-0.15, -0.1) is 0 Å². The Morgan fingerprint density at radius 2 is 2.00 bits per heavy atom. The molecule has 3 fully saturated rings. The monoisotopic (exact) mass is 426 g/mol. The van der Waals surface area contributed by atoms with Crippen molar-refractivity contribution in [2.45, 2.75) is 44.3 Å². The van der Waals surface area contributed by atoms with Gasteiger partial charge in [-0.1, -0.05) is 5.16 Å². The summed E-state index contributed by atoms with van der Waals surface area (Å²) in [7, 11) is 1.73. The fourth-order valence-electron chi connectivity index (χ4n) is 5.44. The molecule has 7 nitrogen and oxygen atoms in total. The van der Waals surface area contributed by atoms with Gasteiger partial charge < -0.3 is 19.3 Å². The Kier molecular flexibility index (Phi) is 6.43. The molecule has 2 aromatic rings. The maximum absolute atomic E-state index is 6.30. The molecule has 3 unspecified atom stereocenters. The first kappa shape index (κ1) is 20.8. The van der Waals surface area contributed by atoms with Crippen LogP contribution >= 0.6 is 0 Å². The average molecular weight is 427 g/mol. The molecule has 0 saturated carbocycles. The van der Waals surface area contributed by atoms with Crippen LogP contribution in [0.25, 0.3) is 0 Å². The largest absolute Gasteiger partial charge is 0.497 e. The number of fused-ring (bicyclic) bond motifs is 1. The Labute approximate surface area is 184 Å². The fourth-order valence-corrected chi connectivity index (χ4v) is 5.44. The molecule has 0 radical (unpaired) electrons. The lowest BCUT2D eigenvalue weighted by Gasteiger charge is -2.46. The Bertz CT molecular complexity index is 837. The maximum Gasteiger partial charge on any atom is 0.124 e. The van der Waals surface area contributed by atoms with Crippen molar-refractivity contribution in [1.29, 1.82) is 0 Å². The van der Waals surface area contributed by atoms with Gasteiger partial charge in [-0.3, -0.25) is 9.80 Å². The highest BCUT2D eigenvalue weighted by Crippen LogP contribution is 2.33. The van der Waals surface area contributed by atoms with Crippen molar-refractivity contribution < 1.29 is 14.0 Å². The number of methoxy groups -OCH3 is 1. The second-order valence-corrected chi connectivity index (χ2v) is 9.17. The van der Waals surface area contributed by atoms with E-state index in [1.165, 1.54) is 37.9 Å². The maximum atomic E-state index is 6.30. The molecule has 168 valence electrons. The van der Waals surface area contributed by atoms with E-state index in [9.17, 15) is 0 Å². The lowest BCUT2D eigenvalue weighted by molar-refractivity contribution is 0.0374. The third kappa shape index (κ3) is 4.89. The molecule has 7 heteroatoms. The molecule has 4 heterocycles. The van der Waals surface area contributed by atoms with Gasteiger partial charge >= 0.3 is 0 Å². The number of nitrogens with zero attached hydrogens (tertiary/aromatic N) is 3. The molecule has 31 heavy (non-hydrogen) atoms. The van der Waals surface area contributed by atoms with Crippen LogP contribution in [0.2, 0.25) is 0 Å². The molecular formula is C24H34N4O3. The van der Waals surface area contributed by atoms with E-state index in [2.05, 4.69) is 32.4 Å². The molecule has 3 atom stereocenters. The number of likely N-dealkylation sites (tertiary alicyclic amines) is 1. The summed E-state index contributed by atoms with van der Waals surface area (Å²) < 4.78 is 16.9. The SMILES string of the molecule is COc1cc(CN2CCCC2)cc(OCC2CCC3C(c4ccon4)NCCN3C2)c1. The first-order valence-electron chi connectivity index (χ1n) is 11.7. The molecule has 1 aromatic carbocycles. The average Bonchev–Trinajstić information content (AvgIpc) is 3.51. The van der Waals surface area contributed by atoms with E-state index < -0.39 is 0 Å². The summed E-state index contributed by atoms with van der Waals surface area (Å²) in [6.07, 6.45) is 6.60. The van der Waals surface area contributed by atoms with Gasteiger partial charge in [-0.05, 0) is 56.5 Å². The zero-order valence-corrected chi connectivity index (χ0v) is 18.5. The molecular weight excluding hydrogens is 392 g/mol. The van der Waals surface area contributed by atoms with E-state index in [-0.39, 0.29) is 6.04 Å². The lowest BCUT2D eigenvalue weighted by Crippen LogP contribution is -2.57. The Morgan fingerprint density at radius 1 is 1.13 bits per heavy atom. The van der Waals surface area contributed by atoms with Crippen LogP contribution in [0.5, 0.6) is 11.5 Å². The third-order valence-electron chi connectivity index (χ3n) is 7.02. The van der Waals surface area contributed by atoms with Gasteiger partial charge in [0.2, 0.25) is 0 Å². The van der Waals surface area contributed by atoms with Gasteiger partial charge in [0.05, 0.1) is 19.8 Å². The minimum absolute atomic E-state index is 0.265. The smallest absolute Gasteiger partial charge is 0.124 e. The van der Waals surface area contributed by atoms with Gasteiger partial charge in [0.25, 0.3) is 0 Å². The van der Waals surface area contributed by atoms with Crippen LogP contribution in [-0.2, 0) is 6.54 Å². The standard InChI is InChI=1S/C24H34N4O3/c1-29-20-12-19(15-27-8-2-3-9-27)13-21(14-20)30-17-18-4-5-23-24(22-6-11-31-26-22)25-7-10-28(23)16-18/h6,11-14,18,23-25H,2-5,7-10,15-17H2,1H3. The number of aromatic nitrogens is 1. The highest BCUT2D eigenvalue weighted by Gasteiger charge is 2.38. The van der Waals surface area contributed by atoms with Gasteiger partial charge in [-0.25, -0.2) is 0 Å². The van der Waals surface area contributed by atoms with Crippen molar-refractivity contribution in [3.63, 3.8) is 0 Å². The minimum atomic E-state index is 0.265. The van der Waals surface area contributed by atoms with Gasteiger partial charge in [-0.2, -0.15) is 0 Å². The molecule has 0 spiro atoms. The zero-order chi connectivity index (χ0) is 21.0. The number of hydrogen-bond donors (Lipinski definition) is 1. The van der Waals surface area contributed by atoms with Crippen molar-refractivity contribution in [3.05, 3.63) is 41.8 Å². The molecule has 0 bridgehead atoms. The Morgan fingerprint density at radius 3 is 2.81 bits per heavy atom. The van der Waals surface area contributed by atoms with Crippen molar-refractivity contribution in [2.24, 2.45) is 5.92 Å². The second-order valence-electron chi connectivity index (χ2n) is 9.17. The van der Waals surface area contributed by atoms with Crippen molar-refractivity contribution in [1.82, 2.24) is 20.3 Å². The Hall–Kier alpha value is -2.09. The Balaban J connectivity index is 1.19. The van der Waals surface area contributed by atoms with E-state index in [1.807, 2.05) is 12.1 Å². The highest BCUT2D eigenvalue weighted by molar-refractivity contribution is 5.38. The van der Waals surface area contributed by atoms with Crippen LogP contribution < -0.4 is 14.8 Å². The zero-order valence-electron chi connectivity index (χ0n) is 18.5. The number of piperidine rings is 1. The summed E-state index contributed by atoms with van der Waals surface area (Å²) in [4.78, 5) is 5.12. The van der Waals surface area contributed by atoms with E-state index >= 15 is 0 Å². The molecule has 3 aliphatic rings. The summed E-state index contributed by atoms with van der Waals surface area (Å²) >= 11 is 0. The quantitative estimate of drug-likeness (QED) is 0.730. The van der Waals surface area contributed by atoms with E-state index in [0.717, 1.165) is 56.4 Å². The topological polar surface area (TPSA) is 63.0 Å². The lowest BCUT2D eigenvalue weighted by atomic mass is 9.87. The molecule has 0 aliphatic carbocycles. The summed E-state index contributed by atoms with van der Waals surface area (Å²) in [5.41, 5.74) is 2.30. The fraction of sp³-hybridized carbons (Fsp3) is 0.625. The first-order chi connectivity index (χ1) is 15.3. The summed E-state index contributed by atoms with van der Waals surface area (Å²) in [6, 6.07) is 9.09. The summed E-state index contributed by atoms with van der Waals surface area (Å²) in [5.74, 6) is 2.35. The molecule has 3 aliphatic heterocycles. The number of ether oxygens (including phenoxy) is 2. The minimum Gasteiger partial charge on any atom is -0.497 e. The van der Waals surface area contributed by atoms with Crippen molar-refractivity contribution in [3.8, 4) is 11.5 Å². The van der Waals surface area contributed by atoms with Crippen molar-refractivity contribution >= 4 is 0 Å². The number of piperazine rings is 1. The van der Waals surface area contributed by atoms with Crippen LogP contribution in [0.4, 0.5) is 0 Å². The number of hydrogen-bond acceptors (Lipinski definition) is 7. The summed E-state index contributed by atoms with van der Waals surface area (Å²) in [6.45, 7) is 7.25. The van der Waals surface area contributed by atoms with Gasteiger partial charge in [0.1, 0.15) is 23.5 Å². The molecule has 5 rings (SSSR count). The van der Waals surface area contributed by atoms with Crippen LogP contribution in [-0.4, -0.2) is 67.4 Å².